The lowest BCUT2D eigenvalue weighted by Gasteiger charge is -2.19. The number of anilines is 2. The van der Waals surface area contributed by atoms with Crippen LogP contribution in [0.5, 0.6) is 5.75 Å². The van der Waals surface area contributed by atoms with Crippen LogP contribution in [-0.4, -0.2) is 37.1 Å². The minimum Gasteiger partial charge on any atom is -0.506 e. The van der Waals surface area contributed by atoms with Crippen molar-refractivity contribution < 1.29 is 22.7 Å². The molecule has 0 spiro atoms. The summed E-state index contributed by atoms with van der Waals surface area (Å²) in [6.45, 7) is 3.91. The van der Waals surface area contributed by atoms with Crippen LogP contribution in [0.15, 0.2) is 16.9 Å². The van der Waals surface area contributed by atoms with Gasteiger partial charge < -0.3 is 15.0 Å². The van der Waals surface area contributed by atoms with E-state index in [2.05, 4.69) is 5.32 Å². The van der Waals surface area contributed by atoms with Crippen molar-refractivity contribution in [1.82, 2.24) is 9.29 Å². The van der Waals surface area contributed by atoms with Crippen LogP contribution in [0.2, 0.25) is 0 Å². The molecule has 1 aromatic heterocycles. The Morgan fingerprint density at radius 1 is 1.32 bits per heavy atom. The number of halogens is 1. The number of carbonyl (C=O) groups is 1. The first kappa shape index (κ1) is 19.9. The number of phenolic OH excluding ortho intramolecular Hbond substituents is 1. The number of pyridine rings is 1. The molecule has 0 aliphatic carbocycles. The first-order valence-corrected chi connectivity index (χ1v) is 10.1. The number of amides is 1. The van der Waals surface area contributed by atoms with Crippen LogP contribution in [0.4, 0.5) is 15.8 Å². The third-order valence-electron chi connectivity index (χ3n) is 4.53. The van der Waals surface area contributed by atoms with Crippen molar-refractivity contribution in [1.29, 1.82) is 0 Å². The van der Waals surface area contributed by atoms with Crippen molar-refractivity contribution in [2.24, 2.45) is 13.0 Å². The Kier molecular flexibility index (Phi) is 4.96. The van der Waals surface area contributed by atoms with Crippen LogP contribution in [0, 0.1) is 11.7 Å². The second kappa shape index (κ2) is 6.97. The molecule has 1 aliphatic heterocycles. The van der Waals surface area contributed by atoms with E-state index in [1.165, 1.54) is 17.7 Å². The van der Waals surface area contributed by atoms with E-state index in [-0.39, 0.29) is 16.6 Å². The monoisotopic (exact) mass is 412 g/mol. The molecular formula is C17H21FN4O5S. The topological polar surface area (TPSA) is 121 Å². The number of nitrogens with one attached hydrogen (secondary N) is 2. The fourth-order valence-electron chi connectivity index (χ4n) is 3.04. The number of hydrogen-bond donors (Lipinski definition) is 3. The lowest BCUT2D eigenvalue weighted by Crippen LogP contribution is -2.30. The molecule has 0 bridgehead atoms. The molecule has 0 unspecified atom stereocenters. The minimum atomic E-state index is -4.31. The van der Waals surface area contributed by atoms with Gasteiger partial charge in [-0.2, -0.15) is 8.42 Å². The zero-order valence-corrected chi connectivity index (χ0v) is 16.4. The summed E-state index contributed by atoms with van der Waals surface area (Å²) in [6.07, 6.45) is 0.796. The van der Waals surface area contributed by atoms with Crippen LogP contribution in [0.1, 0.15) is 20.3 Å². The van der Waals surface area contributed by atoms with Gasteiger partial charge in [-0.05, 0) is 18.4 Å². The fourth-order valence-corrected chi connectivity index (χ4v) is 4.21. The maximum atomic E-state index is 15.2. The second-order valence-corrected chi connectivity index (χ2v) is 8.65. The SMILES string of the molecule is CC(C)CCNc1cc2c(F)c(N3CC(=O)NS3(=O)=O)c(O)cc2n(C)c1=O. The maximum Gasteiger partial charge on any atom is 0.326 e. The van der Waals surface area contributed by atoms with Gasteiger partial charge in [-0.15, -0.1) is 0 Å². The van der Waals surface area contributed by atoms with E-state index in [9.17, 15) is 23.1 Å². The van der Waals surface area contributed by atoms with Gasteiger partial charge in [0.2, 0.25) is 0 Å². The van der Waals surface area contributed by atoms with Crippen molar-refractivity contribution in [3.8, 4) is 5.75 Å². The van der Waals surface area contributed by atoms with E-state index >= 15 is 4.39 Å². The quantitative estimate of drug-likeness (QED) is 0.674. The van der Waals surface area contributed by atoms with E-state index < -0.39 is 45.5 Å². The summed E-state index contributed by atoms with van der Waals surface area (Å²) in [5.41, 5.74) is -0.801. The normalized spacial score (nSPS) is 16.0. The Morgan fingerprint density at radius 3 is 2.57 bits per heavy atom. The molecule has 1 aliphatic rings. The number of phenols is 1. The van der Waals surface area contributed by atoms with E-state index in [0.717, 1.165) is 12.5 Å². The van der Waals surface area contributed by atoms with Gasteiger partial charge in [-0.3, -0.25) is 9.59 Å². The summed E-state index contributed by atoms with van der Waals surface area (Å²) < 4.78 is 42.7. The molecule has 2 heterocycles. The molecule has 0 saturated carbocycles. The number of rotatable bonds is 5. The molecule has 0 atom stereocenters. The lowest BCUT2D eigenvalue weighted by atomic mass is 10.1. The van der Waals surface area contributed by atoms with E-state index in [4.69, 9.17) is 0 Å². The first-order valence-electron chi connectivity index (χ1n) is 8.65. The number of carbonyl (C=O) groups excluding carboxylic acids is 1. The fraction of sp³-hybridized carbons (Fsp3) is 0.412. The lowest BCUT2D eigenvalue weighted by molar-refractivity contribution is -0.117. The van der Waals surface area contributed by atoms with E-state index in [1.807, 2.05) is 13.8 Å². The average molecular weight is 412 g/mol. The summed E-state index contributed by atoms with van der Waals surface area (Å²) >= 11 is 0. The number of aryl methyl sites for hydroxylation is 1. The van der Waals surface area contributed by atoms with Gasteiger partial charge in [-0.1, -0.05) is 13.8 Å². The van der Waals surface area contributed by atoms with E-state index in [0.29, 0.717) is 16.8 Å². The van der Waals surface area contributed by atoms with Gasteiger partial charge >= 0.3 is 10.2 Å². The molecule has 11 heteroatoms. The molecule has 1 amide bonds. The Bertz CT molecular complexity index is 1130. The molecule has 28 heavy (non-hydrogen) atoms. The number of aromatic hydroxyl groups is 1. The molecule has 3 N–H and O–H groups in total. The summed E-state index contributed by atoms with van der Waals surface area (Å²) in [5, 5.41) is 13.2. The zero-order valence-electron chi connectivity index (χ0n) is 15.6. The standard InChI is InChI=1S/C17H21FN4O5S/c1-9(2)4-5-19-11-6-10-12(21(3)17(11)25)7-13(23)16(15(10)18)22-8-14(24)20-28(22,26)27/h6-7,9,19,23H,4-5,8H2,1-3H3,(H,20,24). The summed E-state index contributed by atoms with van der Waals surface area (Å²) in [4.78, 5) is 24.0. The van der Waals surface area contributed by atoms with Crippen LogP contribution in [0.25, 0.3) is 10.9 Å². The van der Waals surface area contributed by atoms with Gasteiger partial charge in [0, 0.05) is 25.0 Å². The molecule has 9 nitrogen and oxygen atoms in total. The highest BCUT2D eigenvalue weighted by Gasteiger charge is 2.38. The smallest absolute Gasteiger partial charge is 0.326 e. The molecule has 1 fully saturated rings. The third-order valence-corrected chi connectivity index (χ3v) is 5.91. The number of nitrogens with zero attached hydrogens (tertiary/aromatic N) is 2. The third kappa shape index (κ3) is 3.37. The molecule has 152 valence electrons. The van der Waals surface area contributed by atoms with Gasteiger partial charge in [0.05, 0.1) is 5.52 Å². The van der Waals surface area contributed by atoms with Gasteiger partial charge in [0.25, 0.3) is 11.5 Å². The molecule has 2 aromatic rings. The highest BCUT2D eigenvalue weighted by atomic mass is 32.2. The van der Waals surface area contributed by atoms with Crippen LogP contribution in [0.3, 0.4) is 0 Å². The van der Waals surface area contributed by atoms with Crippen molar-refractivity contribution in [3.63, 3.8) is 0 Å². The van der Waals surface area contributed by atoms with Gasteiger partial charge in [0.1, 0.15) is 23.7 Å². The molecule has 1 saturated heterocycles. The highest BCUT2D eigenvalue weighted by molar-refractivity contribution is 7.92. The number of benzene rings is 1. The van der Waals surface area contributed by atoms with Crippen molar-refractivity contribution in [2.75, 3.05) is 22.7 Å². The summed E-state index contributed by atoms with van der Waals surface area (Å²) in [6, 6.07) is 2.39. The van der Waals surface area contributed by atoms with Crippen molar-refractivity contribution in [2.45, 2.75) is 20.3 Å². The largest absolute Gasteiger partial charge is 0.506 e. The summed E-state index contributed by atoms with van der Waals surface area (Å²) in [5.74, 6) is -2.17. The molecule has 1 aromatic carbocycles. The highest BCUT2D eigenvalue weighted by Crippen LogP contribution is 2.38. The number of fused-ring (bicyclic) bond motifs is 1. The molecular weight excluding hydrogens is 391 g/mol. The van der Waals surface area contributed by atoms with Crippen molar-refractivity contribution >= 4 is 38.4 Å². The predicted octanol–water partition coefficient (Wildman–Crippen LogP) is 1.02. The Labute approximate surface area is 160 Å². The molecule has 3 rings (SSSR count). The number of aromatic nitrogens is 1. The molecule has 0 radical (unpaired) electrons. The van der Waals surface area contributed by atoms with Gasteiger partial charge in [0.15, 0.2) is 5.82 Å². The zero-order chi connectivity index (χ0) is 20.8. The van der Waals surface area contributed by atoms with Gasteiger partial charge in [-0.25, -0.2) is 13.4 Å². The predicted molar refractivity (Wildman–Crippen MR) is 103 cm³/mol. The van der Waals surface area contributed by atoms with Crippen LogP contribution < -0.4 is 19.9 Å². The average Bonchev–Trinajstić information content (AvgIpc) is 2.85. The maximum absolute atomic E-state index is 15.2. The van der Waals surface area contributed by atoms with Crippen LogP contribution >= 0.6 is 0 Å². The van der Waals surface area contributed by atoms with Crippen molar-refractivity contribution in [3.05, 3.63) is 28.3 Å². The Morgan fingerprint density at radius 2 is 2.00 bits per heavy atom. The van der Waals surface area contributed by atoms with E-state index in [1.54, 1.807) is 4.72 Å². The Hall–Kier alpha value is -2.82. The second-order valence-electron chi connectivity index (χ2n) is 7.06. The summed E-state index contributed by atoms with van der Waals surface area (Å²) in [7, 11) is -2.88. The Balaban J connectivity index is 2.17. The minimum absolute atomic E-state index is 0.0588. The number of hydrogen-bond acceptors (Lipinski definition) is 6. The van der Waals surface area contributed by atoms with Crippen LogP contribution in [-0.2, 0) is 22.1 Å². The first-order chi connectivity index (χ1) is 13.0.